The molecule has 1 aromatic heterocycles. The van der Waals surface area contributed by atoms with Crippen LogP contribution in [0.4, 0.5) is 0 Å². The van der Waals surface area contributed by atoms with Crippen molar-refractivity contribution >= 4 is 11.8 Å². The van der Waals surface area contributed by atoms with Gasteiger partial charge in [-0.3, -0.25) is 14.5 Å². The van der Waals surface area contributed by atoms with E-state index in [0.717, 1.165) is 44.6 Å². The maximum atomic E-state index is 12.5. The van der Waals surface area contributed by atoms with Crippen molar-refractivity contribution in [2.24, 2.45) is 0 Å². The molecule has 0 aromatic carbocycles. The van der Waals surface area contributed by atoms with Crippen molar-refractivity contribution in [3.63, 3.8) is 0 Å². The topological polar surface area (TPSA) is 75.0 Å². The van der Waals surface area contributed by atoms with E-state index in [1.165, 1.54) is 0 Å². The maximum absolute atomic E-state index is 12.5. The number of rotatable bonds is 7. The molecule has 2 fully saturated rings. The molecule has 7 nitrogen and oxygen atoms in total. The summed E-state index contributed by atoms with van der Waals surface area (Å²) in [4.78, 5) is 27.9. The van der Waals surface area contributed by atoms with Gasteiger partial charge in [-0.2, -0.15) is 0 Å². The number of carbonyl (C=O) groups excluding carboxylic acids is 2. The van der Waals surface area contributed by atoms with E-state index >= 15 is 0 Å². The molecule has 7 heteroatoms. The predicted molar refractivity (Wildman–Crippen MR) is 96.4 cm³/mol. The van der Waals surface area contributed by atoms with Crippen LogP contribution in [0.25, 0.3) is 0 Å². The molecular weight excluding hydrogens is 334 g/mol. The third-order valence-electron chi connectivity index (χ3n) is 5.12. The van der Waals surface area contributed by atoms with Crippen LogP contribution in [-0.4, -0.2) is 66.5 Å². The molecule has 2 aliphatic heterocycles. The van der Waals surface area contributed by atoms with Gasteiger partial charge in [-0.05, 0) is 37.8 Å². The summed E-state index contributed by atoms with van der Waals surface area (Å²) >= 11 is 0. The fourth-order valence-corrected chi connectivity index (χ4v) is 3.70. The maximum Gasteiger partial charge on any atom is 0.234 e. The van der Waals surface area contributed by atoms with Crippen molar-refractivity contribution in [1.82, 2.24) is 15.1 Å². The molecule has 0 bridgehead atoms. The van der Waals surface area contributed by atoms with Crippen LogP contribution in [0.1, 0.15) is 38.4 Å². The molecule has 1 aromatic rings. The van der Waals surface area contributed by atoms with E-state index in [1.807, 2.05) is 17.0 Å². The highest BCUT2D eigenvalue weighted by molar-refractivity contribution is 5.78. The highest BCUT2D eigenvalue weighted by Crippen LogP contribution is 2.16. The molecule has 1 N–H and O–H groups in total. The SMILES string of the molecule is CC(=O)N1CCC(NC(=O)CN(Cc2ccco2)CC2CCCO2)CC1. The van der Waals surface area contributed by atoms with E-state index in [-0.39, 0.29) is 24.0 Å². The average Bonchev–Trinajstić information content (AvgIpc) is 3.29. The Kier molecular flexibility index (Phi) is 6.68. The van der Waals surface area contributed by atoms with Crippen LogP contribution in [0.3, 0.4) is 0 Å². The molecule has 3 rings (SSSR count). The lowest BCUT2D eigenvalue weighted by molar-refractivity contribution is -0.130. The Morgan fingerprint density at radius 1 is 1.31 bits per heavy atom. The fraction of sp³-hybridized carbons (Fsp3) is 0.684. The van der Waals surface area contributed by atoms with Gasteiger partial charge < -0.3 is 19.4 Å². The lowest BCUT2D eigenvalue weighted by Crippen LogP contribution is -2.48. The van der Waals surface area contributed by atoms with Crippen molar-refractivity contribution in [2.75, 3.05) is 32.8 Å². The Morgan fingerprint density at radius 3 is 2.73 bits per heavy atom. The van der Waals surface area contributed by atoms with Gasteiger partial charge in [0.15, 0.2) is 0 Å². The van der Waals surface area contributed by atoms with Crippen molar-refractivity contribution in [3.05, 3.63) is 24.2 Å². The number of ether oxygens (including phenoxy) is 1. The number of nitrogens with zero attached hydrogens (tertiary/aromatic N) is 2. The van der Waals surface area contributed by atoms with Crippen molar-refractivity contribution in [3.8, 4) is 0 Å². The monoisotopic (exact) mass is 363 g/mol. The minimum Gasteiger partial charge on any atom is -0.468 e. The summed E-state index contributed by atoms with van der Waals surface area (Å²) in [6, 6.07) is 3.94. The molecule has 3 heterocycles. The summed E-state index contributed by atoms with van der Waals surface area (Å²) in [6.07, 6.45) is 5.60. The Morgan fingerprint density at radius 2 is 2.12 bits per heavy atom. The number of nitrogens with one attached hydrogen (secondary N) is 1. The first-order valence-electron chi connectivity index (χ1n) is 9.51. The number of piperidine rings is 1. The number of likely N-dealkylation sites (tertiary alicyclic amines) is 1. The second kappa shape index (κ2) is 9.19. The first-order chi connectivity index (χ1) is 12.6. The molecule has 2 saturated heterocycles. The molecule has 1 unspecified atom stereocenters. The minimum atomic E-state index is 0.0239. The Balaban J connectivity index is 1.48. The zero-order valence-electron chi connectivity index (χ0n) is 15.5. The summed E-state index contributed by atoms with van der Waals surface area (Å²) in [5.41, 5.74) is 0. The Hall–Kier alpha value is -1.86. The molecule has 2 amide bonds. The lowest BCUT2D eigenvalue weighted by atomic mass is 10.0. The van der Waals surface area contributed by atoms with Crippen LogP contribution in [0.5, 0.6) is 0 Å². The number of amides is 2. The van der Waals surface area contributed by atoms with Gasteiger partial charge in [-0.25, -0.2) is 0 Å². The van der Waals surface area contributed by atoms with Gasteiger partial charge in [0.1, 0.15) is 5.76 Å². The van der Waals surface area contributed by atoms with Gasteiger partial charge in [-0.15, -0.1) is 0 Å². The van der Waals surface area contributed by atoms with Gasteiger partial charge >= 0.3 is 0 Å². The summed E-state index contributed by atoms with van der Waals surface area (Å²) in [7, 11) is 0. The van der Waals surface area contributed by atoms with Crippen LogP contribution in [-0.2, 0) is 20.9 Å². The van der Waals surface area contributed by atoms with Crippen molar-refractivity contribution in [2.45, 2.75) is 51.3 Å². The fourth-order valence-electron chi connectivity index (χ4n) is 3.70. The van der Waals surface area contributed by atoms with Gasteiger partial charge in [0.25, 0.3) is 0 Å². The summed E-state index contributed by atoms with van der Waals surface area (Å²) in [6.45, 7) is 5.49. The standard InChI is InChI=1S/C19H29N3O4/c1-15(23)22-8-6-16(7-9-22)20-19(24)14-21(12-17-4-2-10-25-17)13-18-5-3-11-26-18/h2,4,10,16,18H,3,5-9,11-14H2,1H3,(H,20,24). The zero-order chi connectivity index (χ0) is 18.4. The third-order valence-corrected chi connectivity index (χ3v) is 5.12. The molecular formula is C19H29N3O4. The van der Waals surface area contributed by atoms with E-state index < -0.39 is 0 Å². The number of carbonyl (C=O) groups is 2. The van der Waals surface area contributed by atoms with E-state index in [1.54, 1.807) is 13.2 Å². The zero-order valence-corrected chi connectivity index (χ0v) is 15.5. The second-order valence-electron chi connectivity index (χ2n) is 7.23. The average molecular weight is 363 g/mol. The van der Waals surface area contributed by atoms with Crippen LogP contribution in [0, 0.1) is 0 Å². The summed E-state index contributed by atoms with van der Waals surface area (Å²) < 4.78 is 11.2. The van der Waals surface area contributed by atoms with Gasteiger partial charge in [0.2, 0.25) is 11.8 Å². The highest BCUT2D eigenvalue weighted by atomic mass is 16.5. The summed E-state index contributed by atoms with van der Waals surface area (Å²) in [5, 5.41) is 3.12. The van der Waals surface area contributed by atoms with E-state index in [9.17, 15) is 9.59 Å². The van der Waals surface area contributed by atoms with E-state index in [4.69, 9.17) is 9.15 Å². The quantitative estimate of drug-likeness (QED) is 0.792. The third kappa shape index (κ3) is 5.57. The first kappa shape index (κ1) is 18.9. The molecule has 1 atom stereocenters. The van der Waals surface area contributed by atoms with Crippen LogP contribution < -0.4 is 5.32 Å². The van der Waals surface area contributed by atoms with Crippen LogP contribution >= 0.6 is 0 Å². The summed E-state index contributed by atoms with van der Waals surface area (Å²) in [5.74, 6) is 0.984. The second-order valence-corrected chi connectivity index (χ2v) is 7.23. The molecule has 26 heavy (non-hydrogen) atoms. The van der Waals surface area contributed by atoms with Crippen LogP contribution in [0.2, 0.25) is 0 Å². The number of hydrogen-bond donors (Lipinski definition) is 1. The normalized spacial score (nSPS) is 21.3. The smallest absolute Gasteiger partial charge is 0.234 e. The van der Waals surface area contributed by atoms with Gasteiger partial charge in [-0.1, -0.05) is 0 Å². The first-order valence-corrected chi connectivity index (χ1v) is 9.51. The Labute approximate surface area is 154 Å². The minimum absolute atomic E-state index is 0.0239. The van der Waals surface area contributed by atoms with Crippen LogP contribution in [0.15, 0.2) is 22.8 Å². The largest absolute Gasteiger partial charge is 0.468 e. The predicted octanol–water partition coefficient (Wildman–Crippen LogP) is 1.39. The van der Waals surface area contributed by atoms with E-state index in [2.05, 4.69) is 10.2 Å². The highest BCUT2D eigenvalue weighted by Gasteiger charge is 2.25. The Bertz CT molecular complexity index is 576. The van der Waals surface area contributed by atoms with Crippen molar-refractivity contribution in [1.29, 1.82) is 0 Å². The van der Waals surface area contributed by atoms with E-state index in [0.29, 0.717) is 26.2 Å². The molecule has 0 saturated carbocycles. The van der Waals surface area contributed by atoms with Gasteiger partial charge in [0.05, 0.1) is 25.5 Å². The van der Waals surface area contributed by atoms with Crippen molar-refractivity contribution < 1.29 is 18.7 Å². The molecule has 0 spiro atoms. The molecule has 2 aliphatic rings. The number of furan rings is 1. The molecule has 0 aliphatic carbocycles. The molecule has 144 valence electrons. The lowest BCUT2D eigenvalue weighted by Gasteiger charge is -2.32. The number of hydrogen-bond acceptors (Lipinski definition) is 5. The van der Waals surface area contributed by atoms with Gasteiger partial charge in [0, 0.05) is 39.2 Å². The molecule has 0 radical (unpaired) electrons.